The van der Waals surface area contributed by atoms with Gasteiger partial charge >= 0.3 is 0 Å². The van der Waals surface area contributed by atoms with Gasteiger partial charge in [-0.05, 0) is 66.8 Å². The maximum atomic E-state index is 13.3. The number of halogens is 1. The molecule has 0 aliphatic carbocycles. The second kappa shape index (κ2) is 9.71. The number of hydrogen-bond acceptors (Lipinski definition) is 3. The van der Waals surface area contributed by atoms with Crippen molar-refractivity contribution in [2.75, 3.05) is 7.11 Å². The minimum atomic E-state index is -0.285. The van der Waals surface area contributed by atoms with Crippen LogP contribution in [0.2, 0.25) is 0 Å². The lowest BCUT2D eigenvalue weighted by atomic mass is 10.1. The van der Waals surface area contributed by atoms with E-state index in [0.29, 0.717) is 35.0 Å². The maximum Gasteiger partial charge on any atom is 0.253 e. The molecule has 2 aromatic carbocycles. The molecular weight excluding hydrogens is 401 g/mol. The highest BCUT2D eigenvalue weighted by atomic mass is 32.1. The number of benzene rings is 2. The molecule has 1 atom stereocenters. The van der Waals surface area contributed by atoms with Crippen molar-refractivity contribution in [2.45, 2.75) is 39.4 Å². The lowest BCUT2D eigenvalue weighted by Crippen LogP contribution is -2.43. The Morgan fingerprint density at radius 1 is 1.20 bits per heavy atom. The summed E-state index contributed by atoms with van der Waals surface area (Å²) in [6.45, 7) is 4.92. The second-order valence-electron chi connectivity index (χ2n) is 7.32. The molecule has 0 saturated carbocycles. The zero-order valence-corrected chi connectivity index (χ0v) is 18.2. The Morgan fingerprint density at radius 3 is 2.60 bits per heavy atom. The van der Waals surface area contributed by atoms with Crippen LogP contribution in [0.4, 0.5) is 4.39 Å². The number of rotatable bonds is 7. The van der Waals surface area contributed by atoms with Gasteiger partial charge in [0, 0.05) is 24.2 Å². The Morgan fingerprint density at radius 2 is 1.93 bits per heavy atom. The van der Waals surface area contributed by atoms with E-state index >= 15 is 0 Å². The summed E-state index contributed by atoms with van der Waals surface area (Å²) >= 11 is 5.63. The summed E-state index contributed by atoms with van der Waals surface area (Å²) in [5, 5.41) is 4.78. The first-order valence-electron chi connectivity index (χ1n) is 9.89. The normalized spacial score (nSPS) is 11.9. The lowest BCUT2D eigenvalue weighted by molar-refractivity contribution is 0.390. The molecule has 30 heavy (non-hydrogen) atoms. The Kier molecular flexibility index (Phi) is 7.05. The van der Waals surface area contributed by atoms with E-state index in [1.807, 2.05) is 23.1 Å². The first-order chi connectivity index (χ1) is 14.4. The molecule has 7 heteroatoms. The Bertz CT molecular complexity index is 1080. The van der Waals surface area contributed by atoms with E-state index in [-0.39, 0.29) is 17.4 Å². The lowest BCUT2D eigenvalue weighted by Gasteiger charge is -2.28. The summed E-state index contributed by atoms with van der Waals surface area (Å²) in [4.78, 5) is 17.6. The topological polar surface area (TPSA) is 57.4 Å². The highest BCUT2D eigenvalue weighted by molar-refractivity contribution is 7.80. The van der Waals surface area contributed by atoms with Crippen LogP contribution < -0.4 is 15.6 Å². The van der Waals surface area contributed by atoms with Crippen LogP contribution in [0.3, 0.4) is 0 Å². The van der Waals surface area contributed by atoms with Crippen molar-refractivity contribution in [2.24, 2.45) is 0 Å². The van der Waals surface area contributed by atoms with Crippen LogP contribution in [0.15, 0.2) is 53.3 Å². The summed E-state index contributed by atoms with van der Waals surface area (Å²) in [6.07, 6.45) is 0.920. The highest BCUT2D eigenvalue weighted by Gasteiger charge is 2.15. The molecule has 158 valence electrons. The van der Waals surface area contributed by atoms with Gasteiger partial charge in [0.15, 0.2) is 5.11 Å². The predicted octanol–water partition coefficient (Wildman–Crippen LogP) is 4.35. The largest absolute Gasteiger partial charge is 0.497 e. The molecule has 2 N–H and O–H groups in total. The third-order valence-electron chi connectivity index (χ3n) is 5.05. The Labute approximate surface area is 180 Å². The fourth-order valence-electron chi connectivity index (χ4n) is 3.09. The molecule has 0 aliphatic rings. The molecule has 0 aliphatic heterocycles. The van der Waals surface area contributed by atoms with Gasteiger partial charge in [0.1, 0.15) is 11.6 Å². The Hall–Kier alpha value is -2.93. The smallest absolute Gasteiger partial charge is 0.253 e. The summed E-state index contributed by atoms with van der Waals surface area (Å²) < 4.78 is 18.5. The fourth-order valence-corrected chi connectivity index (χ4v) is 3.42. The van der Waals surface area contributed by atoms with Crippen molar-refractivity contribution >= 4 is 28.2 Å². The third-order valence-corrected chi connectivity index (χ3v) is 5.42. The van der Waals surface area contributed by atoms with Crippen molar-refractivity contribution < 1.29 is 9.13 Å². The molecule has 1 aromatic heterocycles. The van der Waals surface area contributed by atoms with Gasteiger partial charge in [0.05, 0.1) is 19.2 Å². The number of hydrogen-bond donors (Lipinski definition) is 2. The second-order valence-corrected chi connectivity index (χ2v) is 7.70. The quantitative estimate of drug-likeness (QED) is 0.549. The molecule has 3 aromatic rings. The van der Waals surface area contributed by atoms with E-state index in [4.69, 9.17) is 17.0 Å². The van der Waals surface area contributed by atoms with Crippen LogP contribution in [0.5, 0.6) is 5.75 Å². The summed E-state index contributed by atoms with van der Waals surface area (Å²) in [5.41, 5.74) is 2.05. The molecule has 0 fully saturated rings. The van der Waals surface area contributed by atoms with Gasteiger partial charge in [-0.2, -0.15) is 0 Å². The monoisotopic (exact) mass is 427 g/mol. The predicted molar refractivity (Wildman–Crippen MR) is 122 cm³/mol. The van der Waals surface area contributed by atoms with Crippen LogP contribution in [0.1, 0.15) is 31.4 Å². The van der Waals surface area contributed by atoms with Crippen LogP contribution in [-0.2, 0) is 13.1 Å². The van der Waals surface area contributed by atoms with Crippen molar-refractivity contribution in [3.63, 3.8) is 0 Å². The number of aromatic amines is 1. The average molecular weight is 428 g/mol. The van der Waals surface area contributed by atoms with Crippen molar-refractivity contribution in [1.82, 2.24) is 15.2 Å². The number of H-pyrrole nitrogens is 1. The van der Waals surface area contributed by atoms with E-state index in [2.05, 4.69) is 24.1 Å². The highest BCUT2D eigenvalue weighted by Crippen LogP contribution is 2.19. The molecule has 1 heterocycles. The minimum absolute atomic E-state index is 0.175. The first kappa shape index (κ1) is 21.8. The van der Waals surface area contributed by atoms with Gasteiger partial charge in [-0.1, -0.05) is 19.1 Å². The van der Waals surface area contributed by atoms with Crippen LogP contribution in [0, 0.1) is 5.82 Å². The SMILES string of the molecule is CCC(C)NC(=S)N(Cc1ccc(F)cc1)Cc1cc2ccc(OC)cc2[nH]c1=O. The number of thiocarbonyl (C=S) groups is 1. The van der Waals surface area contributed by atoms with Crippen molar-refractivity contribution in [3.05, 3.63) is 75.8 Å². The number of methoxy groups -OCH3 is 1. The molecule has 0 radical (unpaired) electrons. The average Bonchev–Trinajstić information content (AvgIpc) is 2.74. The van der Waals surface area contributed by atoms with Crippen LogP contribution in [0.25, 0.3) is 10.9 Å². The van der Waals surface area contributed by atoms with Crippen LogP contribution in [-0.4, -0.2) is 28.1 Å². The van der Waals surface area contributed by atoms with Gasteiger partial charge in [0.25, 0.3) is 5.56 Å². The fraction of sp³-hybridized carbons (Fsp3) is 0.304. The van der Waals surface area contributed by atoms with Gasteiger partial charge in [0.2, 0.25) is 0 Å². The minimum Gasteiger partial charge on any atom is -0.497 e. The number of pyridine rings is 1. The molecule has 0 bridgehead atoms. The molecule has 5 nitrogen and oxygen atoms in total. The van der Waals surface area contributed by atoms with Crippen LogP contribution >= 0.6 is 12.2 Å². The maximum absolute atomic E-state index is 13.3. The molecule has 0 amide bonds. The van der Waals surface area contributed by atoms with E-state index in [9.17, 15) is 9.18 Å². The van der Waals surface area contributed by atoms with Gasteiger partial charge in [-0.3, -0.25) is 4.79 Å². The number of aromatic nitrogens is 1. The van der Waals surface area contributed by atoms with Gasteiger partial charge in [-0.15, -0.1) is 0 Å². The summed E-state index contributed by atoms with van der Waals surface area (Å²) in [7, 11) is 1.59. The zero-order chi connectivity index (χ0) is 21.7. The number of nitrogens with one attached hydrogen (secondary N) is 2. The van der Waals surface area contributed by atoms with E-state index in [1.54, 1.807) is 25.3 Å². The van der Waals surface area contributed by atoms with Gasteiger partial charge < -0.3 is 19.9 Å². The third kappa shape index (κ3) is 5.36. The molecule has 3 rings (SSSR count). The Balaban J connectivity index is 1.90. The first-order valence-corrected chi connectivity index (χ1v) is 10.3. The van der Waals surface area contributed by atoms with Crippen molar-refractivity contribution in [1.29, 1.82) is 0 Å². The molecule has 1 unspecified atom stereocenters. The summed E-state index contributed by atoms with van der Waals surface area (Å²) in [6, 6.07) is 13.9. The van der Waals surface area contributed by atoms with Gasteiger partial charge in [-0.25, -0.2) is 4.39 Å². The van der Waals surface area contributed by atoms with E-state index in [1.165, 1.54) is 12.1 Å². The van der Waals surface area contributed by atoms with Crippen molar-refractivity contribution in [3.8, 4) is 5.75 Å². The van der Waals surface area contributed by atoms with E-state index < -0.39 is 0 Å². The zero-order valence-electron chi connectivity index (χ0n) is 17.4. The molecule has 0 saturated heterocycles. The number of fused-ring (bicyclic) bond motifs is 1. The number of ether oxygens (including phenoxy) is 1. The van der Waals surface area contributed by atoms with E-state index in [0.717, 1.165) is 17.4 Å². The summed E-state index contributed by atoms with van der Waals surface area (Å²) in [5.74, 6) is 0.398. The standard InChI is InChI=1S/C23H26FN3O2S/c1-4-15(2)25-23(30)27(13-16-5-8-19(24)9-6-16)14-18-11-17-7-10-20(29-3)12-21(17)26-22(18)28/h5-12,15H,4,13-14H2,1-3H3,(H,25,30)(H,26,28). The molecular formula is C23H26FN3O2S. The molecule has 0 spiro atoms. The number of nitrogens with zero attached hydrogens (tertiary/aromatic N) is 1.